The third-order valence-corrected chi connectivity index (χ3v) is 3.04. The normalized spacial score (nSPS) is 22.3. The van der Waals surface area contributed by atoms with Gasteiger partial charge in [-0.2, -0.15) is 0 Å². The Hall–Kier alpha value is -0.600. The first-order chi connectivity index (χ1) is 6.77. The average Bonchev–Trinajstić information content (AvgIpc) is 2.23. The Bertz CT molecular complexity index is 321. The zero-order chi connectivity index (χ0) is 9.97. The summed E-state index contributed by atoms with van der Waals surface area (Å²) in [6.45, 7) is 1.96. The largest absolute Gasteiger partial charge is 0.316 e. The fraction of sp³-hybridized carbons (Fsp3) is 0.455. The lowest BCUT2D eigenvalue weighted by molar-refractivity contribution is 0.460. The minimum atomic E-state index is -0.199. The molecule has 1 nitrogen and oxygen atoms in total. The van der Waals surface area contributed by atoms with Gasteiger partial charge < -0.3 is 5.32 Å². The van der Waals surface area contributed by atoms with Crippen molar-refractivity contribution in [2.75, 3.05) is 13.1 Å². The molecule has 1 aliphatic heterocycles. The summed E-state index contributed by atoms with van der Waals surface area (Å²) in [5.74, 6) is 0.168. The lowest BCUT2D eigenvalue weighted by Crippen LogP contribution is -2.28. The van der Waals surface area contributed by atoms with E-state index in [0.717, 1.165) is 31.5 Å². The molecule has 1 aliphatic rings. The van der Waals surface area contributed by atoms with Gasteiger partial charge in [0.1, 0.15) is 5.82 Å². The first kappa shape index (κ1) is 9.94. The third-order valence-electron chi connectivity index (χ3n) is 2.69. The minimum Gasteiger partial charge on any atom is -0.316 e. The standard InChI is InChI=1S/C11H13ClFN/c12-11-4-3-9(13)6-10(11)8-2-1-5-14-7-8/h3-4,6,8,14H,1-2,5,7H2/t8-/m0/s1. The van der Waals surface area contributed by atoms with E-state index < -0.39 is 0 Å². The monoisotopic (exact) mass is 213 g/mol. The van der Waals surface area contributed by atoms with Gasteiger partial charge >= 0.3 is 0 Å². The number of nitrogens with one attached hydrogen (secondary N) is 1. The van der Waals surface area contributed by atoms with Gasteiger partial charge in [0.25, 0.3) is 0 Å². The van der Waals surface area contributed by atoms with Crippen LogP contribution in [0, 0.1) is 5.82 Å². The van der Waals surface area contributed by atoms with Gasteiger partial charge in [-0.15, -0.1) is 0 Å². The smallest absolute Gasteiger partial charge is 0.123 e. The van der Waals surface area contributed by atoms with E-state index in [4.69, 9.17) is 11.6 Å². The fourth-order valence-corrected chi connectivity index (χ4v) is 2.22. The molecule has 1 aromatic carbocycles. The molecule has 0 spiro atoms. The molecule has 0 unspecified atom stereocenters. The molecular formula is C11H13ClFN. The second-order valence-corrected chi connectivity index (χ2v) is 4.12. The van der Waals surface area contributed by atoms with Crippen molar-refractivity contribution in [2.45, 2.75) is 18.8 Å². The summed E-state index contributed by atoms with van der Waals surface area (Å²) in [5.41, 5.74) is 0.943. The second-order valence-electron chi connectivity index (χ2n) is 3.71. The highest BCUT2D eigenvalue weighted by molar-refractivity contribution is 6.31. The van der Waals surface area contributed by atoms with Gasteiger partial charge in [-0.1, -0.05) is 11.6 Å². The van der Waals surface area contributed by atoms with E-state index in [1.807, 2.05) is 0 Å². The van der Waals surface area contributed by atoms with E-state index in [9.17, 15) is 4.39 Å². The van der Waals surface area contributed by atoms with Crippen molar-refractivity contribution in [2.24, 2.45) is 0 Å². The van der Waals surface area contributed by atoms with Crippen LogP contribution in [0.25, 0.3) is 0 Å². The summed E-state index contributed by atoms with van der Waals surface area (Å²) in [6.07, 6.45) is 2.23. The molecule has 1 N–H and O–H groups in total. The van der Waals surface area contributed by atoms with E-state index in [1.54, 1.807) is 12.1 Å². The van der Waals surface area contributed by atoms with Crippen LogP contribution in [0.15, 0.2) is 18.2 Å². The minimum absolute atomic E-state index is 0.199. The number of benzene rings is 1. The van der Waals surface area contributed by atoms with Crippen molar-refractivity contribution in [1.29, 1.82) is 0 Å². The van der Waals surface area contributed by atoms with E-state index in [-0.39, 0.29) is 5.82 Å². The number of hydrogen-bond donors (Lipinski definition) is 1. The van der Waals surface area contributed by atoms with Crippen LogP contribution >= 0.6 is 11.6 Å². The highest BCUT2D eigenvalue weighted by Crippen LogP contribution is 2.29. The molecule has 0 aliphatic carbocycles. The van der Waals surface area contributed by atoms with Gasteiger partial charge in [-0.25, -0.2) is 4.39 Å². The molecule has 1 fully saturated rings. The van der Waals surface area contributed by atoms with Crippen molar-refractivity contribution in [3.8, 4) is 0 Å². The first-order valence-corrected chi connectivity index (χ1v) is 5.31. The molecule has 0 bridgehead atoms. The summed E-state index contributed by atoms with van der Waals surface area (Å²) < 4.78 is 13.0. The Kier molecular flexibility index (Phi) is 3.04. The van der Waals surface area contributed by atoms with Crippen LogP contribution in [0.3, 0.4) is 0 Å². The SMILES string of the molecule is Fc1ccc(Cl)c([C@H]2CCCNC2)c1. The van der Waals surface area contributed by atoms with Crippen LogP contribution in [0.4, 0.5) is 4.39 Å². The van der Waals surface area contributed by atoms with Gasteiger partial charge in [0.05, 0.1) is 0 Å². The zero-order valence-corrected chi connectivity index (χ0v) is 8.65. The highest BCUT2D eigenvalue weighted by atomic mass is 35.5. The van der Waals surface area contributed by atoms with Crippen molar-refractivity contribution < 1.29 is 4.39 Å². The Labute approximate surface area is 88.3 Å². The number of hydrogen-bond acceptors (Lipinski definition) is 1. The summed E-state index contributed by atoms with van der Waals surface area (Å²) in [6, 6.07) is 4.60. The quantitative estimate of drug-likeness (QED) is 0.757. The van der Waals surface area contributed by atoms with Crippen LogP contribution in [0.1, 0.15) is 24.3 Å². The molecule has 1 aromatic rings. The molecule has 1 saturated heterocycles. The highest BCUT2D eigenvalue weighted by Gasteiger charge is 2.17. The van der Waals surface area contributed by atoms with Gasteiger partial charge in [-0.3, -0.25) is 0 Å². The molecule has 2 rings (SSSR count). The topological polar surface area (TPSA) is 12.0 Å². The first-order valence-electron chi connectivity index (χ1n) is 4.93. The lowest BCUT2D eigenvalue weighted by Gasteiger charge is -2.23. The molecule has 0 amide bonds. The number of piperidine rings is 1. The maximum atomic E-state index is 13.0. The van der Waals surface area contributed by atoms with Crippen LogP contribution in [0.5, 0.6) is 0 Å². The van der Waals surface area contributed by atoms with Crippen molar-refractivity contribution >= 4 is 11.6 Å². The molecule has 1 heterocycles. The van der Waals surface area contributed by atoms with Gasteiger partial charge in [0, 0.05) is 11.6 Å². The molecule has 1 atom stereocenters. The maximum Gasteiger partial charge on any atom is 0.123 e. The molecular weight excluding hydrogens is 201 g/mol. The summed E-state index contributed by atoms with van der Waals surface area (Å²) >= 11 is 6.04. The Morgan fingerprint density at radius 2 is 2.29 bits per heavy atom. The average molecular weight is 214 g/mol. The van der Waals surface area contributed by atoms with Crippen molar-refractivity contribution in [3.63, 3.8) is 0 Å². The van der Waals surface area contributed by atoms with Crippen LogP contribution in [0.2, 0.25) is 5.02 Å². The zero-order valence-electron chi connectivity index (χ0n) is 7.89. The summed E-state index contributed by atoms with van der Waals surface area (Å²) in [4.78, 5) is 0. The molecule has 14 heavy (non-hydrogen) atoms. The van der Waals surface area contributed by atoms with Crippen LogP contribution < -0.4 is 5.32 Å². The second kappa shape index (κ2) is 4.28. The van der Waals surface area contributed by atoms with Gasteiger partial charge in [0.2, 0.25) is 0 Å². The molecule has 0 saturated carbocycles. The third kappa shape index (κ3) is 2.07. The molecule has 0 radical (unpaired) electrons. The fourth-order valence-electron chi connectivity index (χ4n) is 1.94. The maximum absolute atomic E-state index is 13.0. The Morgan fingerprint density at radius 1 is 1.43 bits per heavy atom. The Morgan fingerprint density at radius 3 is 3.00 bits per heavy atom. The van der Waals surface area contributed by atoms with Gasteiger partial charge in [-0.05, 0) is 49.1 Å². The number of rotatable bonds is 1. The Balaban J connectivity index is 2.24. The van der Waals surface area contributed by atoms with E-state index in [2.05, 4.69) is 5.32 Å². The summed E-state index contributed by atoms with van der Waals surface area (Å²) in [7, 11) is 0. The van der Waals surface area contributed by atoms with Crippen LogP contribution in [-0.2, 0) is 0 Å². The van der Waals surface area contributed by atoms with E-state index in [0.29, 0.717) is 10.9 Å². The van der Waals surface area contributed by atoms with E-state index >= 15 is 0 Å². The molecule has 3 heteroatoms. The molecule has 0 aromatic heterocycles. The van der Waals surface area contributed by atoms with Crippen molar-refractivity contribution in [1.82, 2.24) is 5.32 Å². The van der Waals surface area contributed by atoms with Crippen LogP contribution in [-0.4, -0.2) is 13.1 Å². The lowest BCUT2D eigenvalue weighted by atomic mass is 9.91. The number of halogens is 2. The predicted molar refractivity (Wildman–Crippen MR) is 56.3 cm³/mol. The van der Waals surface area contributed by atoms with Gasteiger partial charge in [0.15, 0.2) is 0 Å². The summed E-state index contributed by atoms with van der Waals surface area (Å²) in [5, 5.41) is 3.98. The van der Waals surface area contributed by atoms with E-state index in [1.165, 1.54) is 6.07 Å². The predicted octanol–water partition coefficient (Wildman–Crippen LogP) is 2.95. The van der Waals surface area contributed by atoms with Crippen molar-refractivity contribution in [3.05, 3.63) is 34.6 Å². The molecule has 76 valence electrons.